The molecule has 0 atom stereocenters. The number of carbonyl (C=O) groups excluding carboxylic acids is 1. The number of halogens is 2. The van der Waals surface area contributed by atoms with Crippen molar-refractivity contribution in [2.45, 2.75) is 18.4 Å². The van der Waals surface area contributed by atoms with Crippen molar-refractivity contribution < 1.29 is 27.9 Å². The second-order valence-corrected chi connectivity index (χ2v) is 10.2. The van der Waals surface area contributed by atoms with Crippen molar-refractivity contribution in [3.63, 3.8) is 0 Å². The summed E-state index contributed by atoms with van der Waals surface area (Å²) in [6, 6.07) is 17.0. The third-order valence-electron chi connectivity index (χ3n) is 4.95. The summed E-state index contributed by atoms with van der Waals surface area (Å²) in [7, 11) is -4.13. The lowest BCUT2D eigenvalue weighted by Gasteiger charge is -2.26. The normalized spacial score (nSPS) is 11.1. The Kier molecular flexibility index (Phi) is 8.61. The van der Waals surface area contributed by atoms with Gasteiger partial charge in [-0.15, -0.1) is 0 Å². The third-order valence-corrected chi connectivity index (χ3v) is 7.38. The Morgan fingerprint density at radius 1 is 1.03 bits per heavy atom. The summed E-state index contributed by atoms with van der Waals surface area (Å²) in [6.45, 7) is 0.753. The highest BCUT2D eigenvalue weighted by molar-refractivity contribution is 7.92. The second-order valence-electron chi connectivity index (χ2n) is 7.46. The molecule has 0 aromatic heterocycles. The molecule has 0 aliphatic heterocycles. The molecular weight excluding hydrogens is 515 g/mol. The fourth-order valence-electron chi connectivity index (χ4n) is 3.18. The minimum Gasteiger partial charge on any atom is -0.482 e. The van der Waals surface area contributed by atoms with E-state index < -0.39 is 35.1 Å². The molecule has 0 saturated heterocycles. The number of rotatable bonds is 10. The maximum absolute atomic E-state index is 13.5. The highest BCUT2D eigenvalue weighted by Gasteiger charge is 2.28. The summed E-state index contributed by atoms with van der Waals surface area (Å²) in [5.41, 5.74) is 1.42. The number of hydrogen-bond acceptors (Lipinski definition) is 5. The molecule has 0 fully saturated rings. The number of aliphatic carboxylic acids is 1. The smallest absolute Gasteiger partial charge is 0.341 e. The molecule has 0 saturated carbocycles. The van der Waals surface area contributed by atoms with E-state index in [4.69, 9.17) is 33.0 Å². The van der Waals surface area contributed by atoms with Gasteiger partial charge in [-0.25, -0.2) is 13.2 Å². The fourth-order valence-corrected chi connectivity index (χ4v) is 4.95. The van der Waals surface area contributed by atoms with E-state index in [1.807, 2.05) is 0 Å². The Balaban J connectivity index is 1.82. The van der Waals surface area contributed by atoms with Gasteiger partial charge < -0.3 is 15.2 Å². The standard InChI is InChI=1S/C24H22Cl2N2O6S/c1-16-21(26)6-3-7-22(16)28(35(32,33)20-10-8-18(25)9-11-20)14-23(29)27-13-17-4-2-5-19(12-17)34-15-24(30)31/h2-12H,13-15H2,1H3,(H,27,29)(H,30,31). The van der Waals surface area contributed by atoms with Gasteiger partial charge in [-0.05, 0) is 66.6 Å². The highest BCUT2D eigenvalue weighted by Crippen LogP contribution is 2.31. The second kappa shape index (κ2) is 11.4. The molecule has 0 aliphatic rings. The van der Waals surface area contributed by atoms with Crippen molar-refractivity contribution in [3.8, 4) is 5.75 Å². The maximum atomic E-state index is 13.5. The molecule has 184 valence electrons. The average molecular weight is 537 g/mol. The zero-order chi connectivity index (χ0) is 25.6. The van der Waals surface area contributed by atoms with Crippen molar-refractivity contribution in [2.24, 2.45) is 0 Å². The van der Waals surface area contributed by atoms with Crippen LogP contribution in [0.1, 0.15) is 11.1 Å². The molecule has 0 heterocycles. The average Bonchev–Trinajstić information content (AvgIpc) is 2.82. The Labute approximate surface area is 213 Å². The number of ether oxygens (including phenoxy) is 1. The molecule has 35 heavy (non-hydrogen) atoms. The summed E-state index contributed by atoms with van der Waals surface area (Å²) < 4.78 is 33.1. The summed E-state index contributed by atoms with van der Waals surface area (Å²) in [5.74, 6) is -1.33. The minimum absolute atomic E-state index is 0.0302. The van der Waals surface area contributed by atoms with Gasteiger partial charge in [0.2, 0.25) is 5.91 Å². The molecule has 3 rings (SSSR count). The molecule has 0 unspecified atom stereocenters. The SMILES string of the molecule is Cc1c(Cl)cccc1N(CC(=O)NCc1cccc(OCC(=O)O)c1)S(=O)(=O)c1ccc(Cl)cc1. The van der Waals surface area contributed by atoms with Gasteiger partial charge in [0, 0.05) is 16.6 Å². The van der Waals surface area contributed by atoms with Crippen LogP contribution in [0, 0.1) is 6.92 Å². The van der Waals surface area contributed by atoms with E-state index in [0.717, 1.165) is 4.31 Å². The molecule has 2 N–H and O–H groups in total. The lowest BCUT2D eigenvalue weighted by molar-refractivity contribution is -0.139. The van der Waals surface area contributed by atoms with Crippen LogP contribution in [0.2, 0.25) is 10.0 Å². The first-order chi connectivity index (χ1) is 16.6. The number of hydrogen-bond donors (Lipinski definition) is 2. The van der Waals surface area contributed by atoms with E-state index in [-0.39, 0.29) is 17.1 Å². The van der Waals surface area contributed by atoms with Gasteiger partial charge >= 0.3 is 5.97 Å². The van der Waals surface area contributed by atoms with E-state index >= 15 is 0 Å². The van der Waals surface area contributed by atoms with Crippen LogP contribution in [-0.4, -0.2) is 38.6 Å². The lowest BCUT2D eigenvalue weighted by Crippen LogP contribution is -2.41. The van der Waals surface area contributed by atoms with Gasteiger partial charge in [0.15, 0.2) is 6.61 Å². The van der Waals surface area contributed by atoms with Crippen LogP contribution >= 0.6 is 23.2 Å². The van der Waals surface area contributed by atoms with Crippen LogP contribution < -0.4 is 14.4 Å². The van der Waals surface area contributed by atoms with Gasteiger partial charge in [-0.2, -0.15) is 0 Å². The Bertz CT molecular complexity index is 1330. The topological polar surface area (TPSA) is 113 Å². The first-order valence-corrected chi connectivity index (χ1v) is 12.5. The molecule has 0 aliphatic carbocycles. The monoisotopic (exact) mass is 536 g/mol. The molecule has 3 aromatic rings. The van der Waals surface area contributed by atoms with Gasteiger partial charge in [0.05, 0.1) is 10.6 Å². The molecule has 0 spiro atoms. The largest absolute Gasteiger partial charge is 0.482 e. The van der Waals surface area contributed by atoms with E-state index in [9.17, 15) is 18.0 Å². The van der Waals surface area contributed by atoms with E-state index in [1.165, 1.54) is 24.3 Å². The molecule has 3 aromatic carbocycles. The van der Waals surface area contributed by atoms with Crippen LogP contribution in [-0.2, 0) is 26.2 Å². The van der Waals surface area contributed by atoms with Crippen LogP contribution in [0.4, 0.5) is 5.69 Å². The van der Waals surface area contributed by atoms with Crippen molar-refractivity contribution >= 4 is 50.8 Å². The van der Waals surface area contributed by atoms with Crippen molar-refractivity contribution in [1.29, 1.82) is 0 Å². The van der Waals surface area contributed by atoms with Gasteiger partial charge in [-0.3, -0.25) is 9.10 Å². The van der Waals surface area contributed by atoms with Crippen molar-refractivity contribution in [2.75, 3.05) is 17.5 Å². The van der Waals surface area contributed by atoms with Gasteiger partial charge in [0.25, 0.3) is 10.0 Å². The quantitative estimate of drug-likeness (QED) is 0.399. The predicted molar refractivity (Wildman–Crippen MR) is 134 cm³/mol. The number of amides is 1. The van der Waals surface area contributed by atoms with Crippen molar-refractivity contribution in [3.05, 3.63) is 87.9 Å². The molecule has 8 nitrogen and oxygen atoms in total. The Morgan fingerprint density at radius 2 is 1.71 bits per heavy atom. The van der Waals surface area contributed by atoms with Crippen LogP contribution in [0.25, 0.3) is 0 Å². The van der Waals surface area contributed by atoms with E-state index in [1.54, 1.807) is 49.4 Å². The number of carboxylic acids is 1. The molecule has 1 amide bonds. The fraction of sp³-hybridized carbons (Fsp3) is 0.167. The zero-order valence-corrected chi connectivity index (χ0v) is 20.9. The summed E-state index contributed by atoms with van der Waals surface area (Å²) in [6.07, 6.45) is 0. The van der Waals surface area contributed by atoms with E-state index in [2.05, 4.69) is 5.32 Å². The summed E-state index contributed by atoms with van der Waals surface area (Å²) in [5, 5.41) is 12.2. The highest BCUT2D eigenvalue weighted by atomic mass is 35.5. The van der Waals surface area contributed by atoms with Gasteiger partial charge in [0.1, 0.15) is 12.3 Å². The number of nitrogens with one attached hydrogen (secondary N) is 1. The number of anilines is 1. The number of carbonyl (C=O) groups is 2. The Hall–Kier alpha value is -3.27. The number of nitrogens with zero attached hydrogens (tertiary/aromatic N) is 1. The summed E-state index contributed by atoms with van der Waals surface area (Å²) >= 11 is 12.1. The first-order valence-electron chi connectivity index (χ1n) is 10.3. The van der Waals surface area contributed by atoms with Crippen molar-refractivity contribution in [1.82, 2.24) is 5.32 Å². The molecular formula is C24H22Cl2N2O6S. The maximum Gasteiger partial charge on any atom is 0.341 e. The summed E-state index contributed by atoms with van der Waals surface area (Å²) in [4.78, 5) is 23.5. The molecule has 0 radical (unpaired) electrons. The van der Waals surface area contributed by atoms with Crippen LogP contribution in [0.5, 0.6) is 5.75 Å². The van der Waals surface area contributed by atoms with Crippen LogP contribution in [0.15, 0.2) is 71.6 Å². The van der Waals surface area contributed by atoms with Crippen LogP contribution in [0.3, 0.4) is 0 Å². The lowest BCUT2D eigenvalue weighted by atomic mass is 10.2. The number of benzene rings is 3. The zero-order valence-electron chi connectivity index (χ0n) is 18.6. The predicted octanol–water partition coefficient (Wildman–Crippen LogP) is 4.28. The third kappa shape index (κ3) is 6.88. The van der Waals surface area contributed by atoms with E-state index in [0.29, 0.717) is 26.9 Å². The number of sulfonamides is 1. The molecule has 0 bridgehead atoms. The van der Waals surface area contributed by atoms with Gasteiger partial charge in [-0.1, -0.05) is 41.4 Å². The minimum atomic E-state index is -4.13. The number of carboxylic acid groups (broad SMARTS) is 1. The molecule has 11 heteroatoms. The Morgan fingerprint density at radius 3 is 2.40 bits per heavy atom. The first kappa shape index (κ1) is 26.3.